The normalized spacial score (nSPS) is 16.6. The van der Waals surface area contributed by atoms with Crippen molar-refractivity contribution in [2.45, 2.75) is 24.8 Å². The minimum absolute atomic E-state index is 0.340. The number of hydrogen-bond donors (Lipinski definition) is 1. The van der Waals surface area contributed by atoms with Gasteiger partial charge in [0.2, 0.25) is 5.89 Å². The Hall–Kier alpha value is -2.47. The van der Waals surface area contributed by atoms with Gasteiger partial charge in [-0.2, -0.15) is 4.98 Å². The highest BCUT2D eigenvalue weighted by molar-refractivity contribution is 5.57. The third kappa shape index (κ3) is 2.04. The summed E-state index contributed by atoms with van der Waals surface area (Å²) in [7, 11) is 0. The molecule has 1 aliphatic carbocycles. The van der Waals surface area contributed by atoms with Gasteiger partial charge in [-0.1, -0.05) is 23.4 Å². The maximum absolute atomic E-state index is 6.18. The van der Waals surface area contributed by atoms with Crippen LogP contribution in [0.5, 0.6) is 0 Å². The smallest absolute Gasteiger partial charge is 0.279 e. The van der Waals surface area contributed by atoms with Crippen molar-refractivity contribution < 1.29 is 8.94 Å². The maximum atomic E-state index is 6.18. The zero-order chi connectivity index (χ0) is 14.3. The van der Waals surface area contributed by atoms with Crippen LogP contribution in [0.4, 0.5) is 0 Å². The van der Waals surface area contributed by atoms with E-state index in [0.717, 1.165) is 24.8 Å². The third-order valence-corrected chi connectivity index (χ3v) is 3.86. The van der Waals surface area contributed by atoms with E-state index in [1.165, 1.54) is 6.26 Å². The van der Waals surface area contributed by atoms with Crippen LogP contribution in [0.2, 0.25) is 0 Å². The lowest BCUT2D eigenvalue weighted by Crippen LogP contribution is -2.44. The van der Waals surface area contributed by atoms with Gasteiger partial charge in [0.05, 0.1) is 5.54 Å². The fraction of sp³-hybridized carbons (Fsp3) is 0.267. The van der Waals surface area contributed by atoms with Crippen LogP contribution in [0, 0.1) is 0 Å². The van der Waals surface area contributed by atoms with Crippen LogP contribution in [0.1, 0.15) is 25.1 Å². The summed E-state index contributed by atoms with van der Waals surface area (Å²) in [6, 6.07) is 9.66. The van der Waals surface area contributed by atoms with Crippen LogP contribution in [0.15, 0.2) is 45.5 Å². The summed E-state index contributed by atoms with van der Waals surface area (Å²) in [4.78, 5) is 8.74. The van der Waals surface area contributed by atoms with Gasteiger partial charge in [0, 0.05) is 5.56 Å². The van der Waals surface area contributed by atoms with Gasteiger partial charge in [0.25, 0.3) is 5.89 Å². The van der Waals surface area contributed by atoms with Crippen molar-refractivity contribution in [3.63, 3.8) is 0 Å². The monoisotopic (exact) mass is 282 g/mol. The average Bonchev–Trinajstić information content (AvgIpc) is 3.14. The largest absolute Gasteiger partial charge is 0.444 e. The van der Waals surface area contributed by atoms with Crippen LogP contribution >= 0.6 is 0 Å². The van der Waals surface area contributed by atoms with Gasteiger partial charge in [0.15, 0.2) is 11.5 Å². The van der Waals surface area contributed by atoms with Crippen molar-refractivity contribution in [1.82, 2.24) is 15.1 Å². The molecule has 106 valence electrons. The number of nitrogens with two attached hydrogens (primary N) is 1. The number of nitrogens with zero attached hydrogens (tertiary/aromatic N) is 3. The van der Waals surface area contributed by atoms with Crippen LogP contribution in [-0.2, 0) is 5.54 Å². The molecule has 0 amide bonds. The quantitative estimate of drug-likeness (QED) is 0.794. The molecule has 2 aromatic heterocycles. The predicted octanol–water partition coefficient (Wildman–Crippen LogP) is 2.73. The molecular weight excluding hydrogens is 268 g/mol. The van der Waals surface area contributed by atoms with E-state index in [9.17, 15) is 0 Å². The topological polar surface area (TPSA) is 91.0 Å². The second kappa shape index (κ2) is 4.53. The van der Waals surface area contributed by atoms with Gasteiger partial charge >= 0.3 is 0 Å². The zero-order valence-electron chi connectivity index (χ0n) is 11.3. The van der Waals surface area contributed by atoms with Crippen molar-refractivity contribution >= 4 is 0 Å². The summed E-state index contributed by atoms with van der Waals surface area (Å²) in [6.45, 7) is 0. The third-order valence-electron chi connectivity index (χ3n) is 3.86. The molecule has 0 radical (unpaired) electrons. The Bertz CT molecular complexity index is 759. The summed E-state index contributed by atoms with van der Waals surface area (Å²) in [5.74, 6) is 1.41. The predicted molar refractivity (Wildman–Crippen MR) is 74.9 cm³/mol. The zero-order valence-corrected chi connectivity index (χ0v) is 11.3. The molecule has 0 unspecified atom stereocenters. The summed E-state index contributed by atoms with van der Waals surface area (Å²) in [6.07, 6.45) is 4.40. The van der Waals surface area contributed by atoms with E-state index in [1.807, 2.05) is 30.3 Å². The number of benzene rings is 1. The van der Waals surface area contributed by atoms with Gasteiger partial charge in [0.1, 0.15) is 6.26 Å². The standard InChI is InChI=1S/C15H14N4O2/c16-15(7-4-8-15)14-18-13(21-19-14)11-9-20-12(17-11)10-5-2-1-3-6-10/h1-3,5-6,9H,4,7-8,16H2. The highest BCUT2D eigenvalue weighted by atomic mass is 16.5. The summed E-state index contributed by atoms with van der Waals surface area (Å²) >= 11 is 0. The van der Waals surface area contributed by atoms with Crippen LogP contribution < -0.4 is 5.73 Å². The van der Waals surface area contributed by atoms with Crippen molar-refractivity contribution in [2.24, 2.45) is 5.73 Å². The maximum Gasteiger partial charge on any atom is 0.279 e. The van der Waals surface area contributed by atoms with E-state index in [4.69, 9.17) is 14.7 Å². The molecule has 3 aromatic rings. The molecule has 2 N–H and O–H groups in total. The molecular formula is C15H14N4O2. The fourth-order valence-corrected chi connectivity index (χ4v) is 2.40. The molecule has 0 spiro atoms. The van der Waals surface area contributed by atoms with Crippen LogP contribution in [-0.4, -0.2) is 15.1 Å². The van der Waals surface area contributed by atoms with Gasteiger partial charge in [-0.25, -0.2) is 4.98 Å². The van der Waals surface area contributed by atoms with E-state index in [-0.39, 0.29) is 0 Å². The number of aromatic nitrogens is 3. The van der Waals surface area contributed by atoms with Crippen molar-refractivity contribution in [2.75, 3.05) is 0 Å². The summed E-state index contributed by atoms with van der Waals surface area (Å²) in [5, 5.41) is 3.98. The Morgan fingerprint density at radius 2 is 1.86 bits per heavy atom. The first-order chi connectivity index (χ1) is 10.2. The first-order valence-corrected chi connectivity index (χ1v) is 6.89. The molecule has 0 atom stereocenters. The van der Waals surface area contributed by atoms with E-state index >= 15 is 0 Å². The van der Waals surface area contributed by atoms with Gasteiger partial charge in [-0.15, -0.1) is 0 Å². The SMILES string of the molecule is NC1(c2noc(-c3coc(-c4ccccc4)n3)n2)CCC1. The molecule has 6 nitrogen and oxygen atoms in total. The first kappa shape index (κ1) is 12.3. The van der Waals surface area contributed by atoms with E-state index in [0.29, 0.717) is 23.3 Å². The molecule has 6 heteroatoms. The molecule has 1 aromatic carbocycles. The van der Waals surface area contributed by atoms with E-state index < -0.39 is 5.54 Å². The van der Waals surface area contributed by atoms with Gasteiger partial charge in [-0.3, -0.25) is 0 Å². The Morgan fingerprint density at radius 3 is 2.57 bits per heavy atom. The lowest BCUT2D eigenvalue weighted by atomic mass is 9.77. The molecule has 1 fully saturated rings. The number of rotatable bonds is 3. The average molecular weight is 282 g/mol. The lowest BCUT2D eigenvalue weighted by Gasteiger charge is -2.34. The minimum Gasteiger partial charge on any atom is -0.444 e. The molecule has 21 heavy (non-hydrogen) atoms. The van der Waals surface area contributed by atoms with Crippen LogP contribution in [0.3, 0.4) is 0 Å². The summed E-state index contributed by atoms with van der Waals surface area (Å²) < 4.78 is 10.7. The van der Waals surface area contributed by atoms with E-state index in [1.54, 1.807) is 0 Å². The van der Waals surface area contributed by atoms with E-state index in [2.05, 4.69) is 15.1 Å². The molecule has 2 heterocycles. The number of oxazole rings is 1. The molecule has 0 saturated heterocycles. The Morgan fingerprint density at radius 1 is 1.05 bits per heavy atom. The number of hydrogen-bond acceptors (Lipinski definition) is 6. The van der Waals surface area contributed by atoms with Crippen LogP contribution in [0.25, 0.3) is 23.0 Å². The van der Waals surface area contributed by atoms with Gasteiger partial charge in [-0.05, 0) is 31.4 Å². The second-order valence-corrected chi connectivity index (χ2v) is 5.34. The van der Waals surface area contributed by atoms with Crippen molar-refractivity contribution in [3.8, 4) is 23.0 Å². The first-order valence-electron chi connectivity index (χ1n) is 6.89. The minimum atomic E-state index is -0.437. The Labute approximate surface area is 121 Å². The highest BCUT2D eigenvalue weighted by Gasteiger charge is 2.39. The fourth-order valence-electron chi connectivity index (χ4n) is 2.40. The molecule has 1 saturated carbocycles. The Balaban J connectivity index is 1.64. The molecule has 4 rings (SSSR count). The van der Waals surface area contributed by atoms with Gasteiger partial charge < -0.3 is 14.7 Å². The molecule has 1 aliphatic rings. The second-order valence-electron chi connectivity index (χ2n) is 5.34. The highest BCUT2D eigenvalue weighted by Crippen LogP contribution is 2.37. The Kier molecular flexibility index (Phi) is 2.65. The molecule has 0 aliphatic heterocycles. The molecule has 0 bridgehead atoms. The van der Waals surface area contributed by atoms with Crippen molar-refractivity contribution in [1.29, 1.82) is 0 Å². The van der Waals surface area contributed by atoms with Crippen molar-refractivity contribution in [3.05, 3.63) is 42.4 Å². The summed E-state index contributed by atoms with van der Waals surface area (Å²) in [5.41, 5.74) is 7.17. The lowest BCUT2D eigenvalue weighted by molar-refractivity contribution is 0.229.